The standard InChI is InChI=1S/C24H22Cl2N4O2S2/c25-20-5-4-17(9-21(20)26)12-30-6-7-32-19(13-30)11-28-23(31)15-34-24-29-22(14-33-24)18-3-1-2-16(8-18)10-27/h1-5,8-9,14,19H,6-7,11-13,15H2,(H,28,31). The maximum absolute atomic E-state index is 12.4. The van der Waals surface area contributed by atoms with E-state index in [0.717, 1.165) is 40.8 Å². The van der Waals surface area contributed by atoms with E-state index in [0.29, 0.717) is 28.8 Å². The first-order chi connectivity index (χ1) is 16.5. The molecule has 0 radical (unpaired) electrons. The lowest BCUT2D eigenvalue weighted by atomic mass is 10.1. The molecule has 1 unspecified atom stereocenters. The average molecular weight is 534 g/mol. The molecule has 1 N–H and O–H groups in total. The minimum Gasteiger partial charge on any atom is -0.374 e. The zero-order valence-corrected chi connectivity index (χ0v) is 21.3. The summed E-state index contributed by atoms with van der Waals surface area (Å²) in [5, 5.41) is 15.1. The van der Waals surface area contributed by atoms with E-state index in [4.69, 9.17) is 33.2 Å². The molecule has 0 bridgehead atoms. The summed E-state index contributed by atoms with van der Waals surface area (Å²) in [6.07, 6.45) is -0.0654. The van der Waals surface area contributed by atoms with Crippen molar-refractivity contribution in [1.82, 2.24) is 15.2 Å². The van der Waals surface area contributed by atoms with Gasteiger partial charge in [-0.15, -0.1) is 11.3 Å². The first kappa shape index (κ1) is 25.0. The van der Waals surface area contributed by atoms with Crippen molar-refractivity contribution >= 4 is 52.2 Å². The number of rotatable bonds is 8. The van der Waals surface area contributed by atoms with Crippen LogP contribution in [0.3, 0.4) is 0 Å². The molecule has 4 rings (SSSR count). The molecule has 2 aromatic carbocycles. The number of nitriles is 1. The Morgan fingerprint density at radius 3 is 3.00 bits per heavy atom. The number of thioether (sulfide) groups is 1. The summed E-state index contributed by atoms with van der Waals surface area (Å²) >= 11 is 15.0. The third kappa shape index (κ3) is 6.95. The molecule has 10 heteroatoms. The van der Waals surface area contributed by atoms with Crippen LogP contribution in [0.5, 0.6) is 0 Å². The molecule has 1 saturated heterocycles. The van der Waals surface area contributed by atoms with Gasteiger partial charge in [0.25, 0.3) is 0 Å². The molecule has 0 spiro atoms. The Morgan fingerprint density at radius 2 is 2.18 bits per heavy atom. The monoisotopic (exact) mass is 532 g/mol. The normalized spacial score (nSPS) is 16.2. The number of aromatic nitrogens is 1. The highest BCUT2D eigenvalue weighted by molar-refractivity contribution is 8.01. The van der Waals surface area contributed by atoms with Crippen molar-refractivity contribution in [2.24, 2.45) is 0 Å². The number of nitrogens with one attached hydrogen (secondary N) is 1. The fourth-order valence-electron chi connectivity index (χ4n) is 3.55. The Labute approximate surface area is 216 Å². The lowest BCUT2D eigenvalue weighted by Gasteiger charge is -2.33. The fraction of sp³-hybridized carbons (Fsp3) is 0.292. The number of thiazole rings is 1. The van der Waals surface area contributed by atoms with Crippen molar-refractivity contribution in [3.8, 4) is 17.3 Å². The summed E-state index contributed by atoms with van der Waals surface area (Å²) in [7, 11) is 0. The molecule has 1 aliphatic rings. The molecule has 1 fully saturated rings. The van der Waals surface area contributed by atoms with Gasteiger partial charge >= 0.3 is 0 Å². The molecule has 2 heterocycles. The lowest BCUT2D eigenvalue weighted by molar-refractivity contribution is -0.119. The van der Waals surface area contributed by atoms with Crippen LogP contribution in [-0.4, -0.2) is 53.9 Å². The summed E-state index contributed by atoms with van der Waals surface area (Å²) in [4.78, 5) is 19.2. The Bertz CT molecular complexity index is 1200. The Morgan fingerprint density at radius 1 is 1.29 bits per heavy atom. The van der Waals surface area contributed by atoms with E-state index in [2.05, 4.69) is 21.3 Å². The number of nitrogens with zero attached hydrogens (tertiary/aromatic N) is 3. The molecule has 1 aromatic heterocycles. The van der Waals surface area contributed by atoms with Crippen LogP contribution in [0.25, 0.3) is 11.3 Å². The summed E-state index contributed by atoms with van der Waals surface area (Å²) in [6, 6.07) is 15.1. The van der Waals surface area contributed by atoms with E-state index in [1.54, 1.807) is 6.07 Å². The van der Waals surface area contributed by atoms with Crippen LogP contribution in [0, 0.1) is 11.3 Å². The van der Waals surface area contributed by atoms with Crippen LogP contribution in [0.15, 0.2) is 52.2 Å². The molecule has 1 aliphatic heterocycles. The van der Waals surface area contributed by atoms with Gasteiger partial charge in [0.05, 0.1) is 45.8 Å². The highest BCUT2D eigenvalue weighted by Gasteiger charge is 2.21. The first-order valence-electron chi connectivity index (χ1n) is 10.6. The van der Waals surface area contributed by atoms with Gasteiger partial charge in [-0.2, -0.15) is 5.26 Å². The highest BCUT2D eigenvalue weighted by atomic mass is 35.5. The molecule has 0 saturated carbocycles. The van der Waals surface area contributed by atoms with Gasteiger partial charge in [0, 0.05) is 37.1 Å². The molecule has 1 atom stereocenters. The molecule has 1 amide bonds. The zero-order chi connectivity index (χ0) is 23.9. The Hall–Kier alpha value is -2.12. The second-order valence-corrected chi connectivity index (χ2v) is 10.7. The van der Waals surface area contributed by atoms with Gasteiger partial charge in [0.2, 0.25) is 5.91 Å². The predicted molar refractivity (Wildman–Crippen MR) is 137 cm³/mol. The largest absolute Gasteiger partial charge is 0.374 e. The predicted octanol–water partition coefficient (Wildman–Crippen LogP) is 5.10. The van der Waals surface area contributed by atoms with Gasteiger partial charge < -0.3 is 10.1 Å². The van der Waals surface area contributed by atoms with Crippen molar-refractivity contribution in [3.63, 3.8) is 0 Å². The molecular formula is C24H22Cl2N4O2S2. The minimum atomic E-state index is -0.0654. The topological polar surface area (TPSA) is 78.2 Å². The number of carbonyl (C=O) groups is 1. The van der Waals surface area contributed by atoms with Gasteiger partial charge in [0.15, 0.2) is 4.34 Å². The van der Waals surface area contributed by atoms with Crippen LogP contribution >= 0.6 is 46.3 Å². The van der Waals surface area contributed by atoms with Crippen molar-refractivity contribution in [2.75, 3.05) is 32.0 Å². The number of ether oxygens (including phenoxy) is 1. The number of hydrogen-bond donors (Lipinski definition) is 1. The van der Waals surface area contributed by atoms with Crippen molar-refractivity contribution in [3.05, 3.63) is 69.0 Å². The average Bonchev–Trinajstić information content (AvgIpc) is 3.33. The molecular weight excluding hydrogens is 511 g/mol. The molecule has 176 valence electrons. The van der Waals surface area contributed by atoms with Gasteiger partial charge in [-0.3, -0.25) is 9.69 Å². The van der Waals surface area contributed by atoms with Crippen molar-refractivity contribution < 1.29 is 9.53 Å². The number of benzene rings is 2. The number of hydrogen-bond acceptors (Lipinski definition) is 7. The fourth-order valence-corrected chi connectivity index (χ4v) is 5.54. The summed E-state index contributed by atoms with van der Waals surface area (Å²) < 4.78 is 6.64. The van der Waals surface area contributed by atoms with E-state index in [1.807, 2.05) is 41.8 Å². The van der Waals surface area contributed by atoms with E-state index < -0.39 is 0 Å². The SMILES string of the molecule is N#Cc1cccc(-c2csc(SCC(=O)NCC3CN(Cc4ccc(Cl)c(Cl)c4)CCO3)n2)c1. The number of morpholine rings is 1. The maximum atomic E-state index is 12.4. The molecule has 6 nitrogen and oxygen atoms in total. The van der Waals surface area contributed by atoms with E-state index in [-0.39, 0.29) is 17.8 Å². The summed E-state index contributed by atoms with van der Waals surface area (Å²) in [5.41, 5.74) is 3.39. The third-order valence-electron chi connectivity index (χ3n) is 5.24. The van der Waals surface area contributed by atoms with Crippen LogP contribution in [-0.2, 0) is 16.1 Å². The van der Waals surface area contributed by atoms with Crippen LogP contribution in [0.1, 0.15) is 11.1 Å². The van der Waals surface area contributed by atoms with Crippen LogP contribution in [0.4, 0.5) is 0 Å². The van der Waals surface area contributed by atoms with Gasteiger partial charge in [-0.05, 0) is 29.8 Å². The number of carbonyl (C=O) groups excluding carboxylic acids is 1. The molecule has 34 heavy (non-hydrogen) atoms. The van der Waals surface area contributed by atoms with Crippen LogP contribution in [0.2, 0.25) is 10.0 Å². The van der Waals surface area contributed by atoms with Crippen molar-refractivity contribution in [1.29, 1.82) is 5.26 Å². The Kier molecular flexibility index (Phi) is 8.84. The summed E-state index contributed by atoms with van der Waals surface area (Å²) in [5.74, 6) is 0.226. The second kappa shape index (κ2) is 12.0. The first-order valence-corrected chi connectivity index (χ1v) is 13.3. The van der Waals surface area contributed by atoms with Crippen LogP contribution < -0.4 is 5.32 Å². The van der Waals surface area contributed by atoms with E-state index in [1.165, 1.54) is 23.1 Å². The molecule has 0 aliphatic carbocycles. The number of amides is 1. The van der Waals surface area contributed by atoms with Gasteiger partial charge in [0.1, 0.15) is 0 Å². The quantitative estimate of drug-likeness (QED) is 0.406. The second-order valence-electron chi connectivity index (χ2n) is 7.76. The maximum Gasteiger partial charge on any atom is 0.230 e. The molecule has 3 aromatic rings. The van der Waals surface area contributed by atoms with Gasteiger partial charge in [-0.25, -0.2) is 4.98 Å². The lowest BCUT2D eigenvalue weighted by Crippen LogP contribution is -2.47. The van der Waals surface area contributed by atoms with Gasteiger partial charge in [-0.1, -0.05) is 53.2 Å². The smallest absolute Gasteiger partial charge is 0.230 e. The van der Waals surface area contributed by atoms with Crippen molar-refractivity contribution in [2.45, 2.75) is 17.0 Å². The minimum absolute atomic E-state index is 0.0570. The third-order valence-corrected chi connectivity index (χ3v) is 8.00. The number of halogens is 2. The summed E-state index contributed by atoms with van der Waals surface area (Å²) in [6.45, 7) is 3.38. The van der Waals surface area contributed by atoms with E-state index in [9.17, 15) is 4.79 Å². The Balaban J connectivity index is 1.21. The van der Waals surface area contributed by atoms with E-state index >= 15 is 0 Å². The highest BCUT2D eigenvalue weighted by Crippen LogP contribution is 2.28. The zero-order valence-electron chi connectivity index (χ0n) is 18.2.